The predicted molar refractivity (Wildman–Crippen MR) is 105 cm³/mol. The van der Waals surface area contributed by atoms with E-state index in [-0.39, 0.29) is 20.7 Å². The number of carboxylic acids is 1. The van der Waals surface area contributed by atoms with Crippen molar-refractivity contribution in [1.29, 1.82) is 0 Å². The zero-order chi connectivity index (χ0) is 21.2. The number of ether oxygens (including phenoxy) is 1. The van der Waals surface area contributed by atoms with E-state index in [9.17, 15) is 22.8 Å². The van der Waals surface area contributed by atoms with Crippen molar-refractivity contribution in [2.45, 2.75) is 6.18 Å². The summed E-state index contributed by atoms with van der Waals surface area (Å²) in [5.74, 6) is -1.41. The molecule has 1 heterocycles. The highest BCUT2D eigenvalue weighted by molar-refractivity contribution is 8.26. The minimum Gasteiger partial charge on any atom is -0.480 e. The van der Waals surface area contributed by atoms with Crippen LogP contribution in [0.25, 0.3) is 6.08 Å². The van der Waals surface area contributed by atoms with E-state index in [0.717, 1.165) is 28.8 Å². The third-order valence-corrected chi connectivity index (χ3v) is 5.10. The zero-order valence-corrected chi connectivity index (χ0v) is 16.1. The largest absolute Gasteiger partial charge is 0.480 e. The van der Waals surface area contributed by atoms with E-state index >= 15 is 0 Å². The molecule has 1 saturated heterocycles. The summed E-state index contributed by atoms with van der Waals surface area (Å²) in [7, 11) is 0. The van der Waals surface area contributed by atoms with Gasteiger partial charge in [-0.05, 0) is 42.0 Å². The molecule has 29 heavy (non-hydrogen) atoms. The summed E-state index contributed by atoms with van der Waals surface area (Å²) in [5, 5.41) is 8.86. The molecule has 0 aromatic heterocycles. The second-order valence-electron chi connectivity index (χ2n) is 5.86. The third kappa shape index (κ3) is 5.15. The van der Waals surface area contributed by atoms with Gasteiger partial charge in [-0.25, -0.2) is 0 Å². The molecule has 0 bridgehead atoms. The van der Waals surface area contributed by atoms with Gasteiger partial charge in [-0.3, -0.25) is 14.5 Å². The number of thioether (sulfide) groups is 1. The van der Waals surface area contributed by atoms with Gasteiger partial charge in [0, 0.05) is 0 Å². The van der Waals surface area contributed by atoms with Crippen molar-refractivity contribution in [1.82, 2.24) is 4.90 Å². The number of carbonyl (C=O) groups excluding carboxylic acids is 1. The first-order chi connectivity index (χ1) is 13.6. The average molecular weight is 439 g/mol. The minimum absolute atomic E-state index is 0.0183. The van der Waals surface area contributed by atoms with E-state index in [1.54, 1.807) is 24.3 Å². The highest BCUT2D eigenvalue weighted by Gasteiger charge is 2.33. The van der Waals surface area contributed by atoms with E-state index in [1.807, 2.05) is 0 Å². The van der Waals surface area contributed by atoms with Crippen LogP contribution in [0.15, 0.2) is 53.4 Å². The fourth-order valence-electron chi connectivity index (χ4n) is 2.46. The van der Waals surface area contributed by atoms with Crippen molar-refractivity contribution in [3.8, 4) is 11.5 Å². The van der Waals surface area contributed by atoms with Crippen LogP contribution in [0.4, 0.5) is 13.2 Å². The lowest BCUT2D eigenvalue weighted by Crippen LogP contribution is -2.33. The quantitative estimate of drug-likeness (QED) is 0.534. The number of amides is 1. The Kier molecular flexibility index (Phi) is 5.94. The Morgan fingerprint density at radius 3 is 2.48 bits per heavy atom. The summed E-state index contributed by atoms with van der Waals surface area (Å²) in [4.78, 5) is 24.4. The van der Waals surface area contributed by atoms with Gasteiger partial charge in [-0.2, -0.15) is 13.2 Å². The number of aliphatic carboxylic acids is 1. The number of benzene rings is 2. The molecule has 10 heteroatoms. The lowest BCUT2D eigenvalue weighted by atomic mass is 10.2. The topological polar surface area (TPSA) is 66.8 Å². The van der Waals surface area contributed by atoms with Crippen LogP contribution in [-0.4, -0.2) is 32.7 Å². The molecular formula is C19H12F3NO4S2. The minimum atomic E-state index is -4.48. The number of carbonyl (C=O) groups is 2. The number of hydrogen-bond donors (Lipinski definition) is 1. The van der Waals surface area contributed by atoms with Gasteiger partial charge in [0.1, 0.15) is 22.4 Å². The van der Waals surface area contributed by atoms with E-state index in [0.29, 0.717) is 5.56 Å². The molecule has 1 N–H and O–H groups in total. The van der Waals surface area contributed by atoms with Crippen molar-refractivity contribution < 1.29 is 32.6 Å². The maximum atomic E-state index is 12.8. The van der Waals surface area contributed by atoms with Crippen LogP contribution in [0.1, 0.15) is 11.1 Å². The monoisotopic (exact) mass is 439 g/mol. The van der Waals surface area contributed by atoms with Crippen LogP contribution in [-0.2, 0) is 15.8 Å². The van der Waals surface area contributed by atoms with Gasteiger partial charge < -0.3 is 9.84 Å². The molecule has 0 saturated carbocycles. The molecule has 5 nitrogen and oxygen atoms in total. The molecule has 150 valence electrons. The lowest BCUT2D eigenvalue weighted by molar-refractivity contribution is -0.140. The Morgan fingerprint density at radius 2 is 1.83 bits per heavy atom. The molecule has 0 spiro atoms. The van der Waals surface area contributed by atoms with E-state index in [2.05, 4.69) is 0 Å². The normalized spacial score (nSPS) is 15.8. The summed E-state index contributed by atoms with van der Waals surface area (Å²) in [6.07, 6.45) is -2.97. The molecular weight excluding hydrogens is 427 g/mol. The fourth-order valence-corrected chi connectivity index (χ4v) is 3.72. The molecule has 2 aromatic rings. The Balaban J connectivity index is 1.80. The second-order valence-corrected chi connectivity index (χ2v) is 7.54. The van der Waals surface area contributed by atoms with Crippen molar-refractivity contribution in [2.75, 3.05) is 6.54 Å². The smallest absolute Gasteiger partial charge is 0.416 e. The summed E-state index contributed by atoms with van der Waals surface area (Å²) in [6.45, 7) is -0.527. The van der Waals surface area contributed by atoms with Crippen LogP contribution >= 0.6 is 24.0 Å². The molecule has 1 amide bonds. The van der Waals surface area contributed by atoms with E-state index in [4.69, 9.17) is 22.1 Å². The summed E-state index contributed by atoms with van der Waals surface area (Å²) < 4.78 is 44.1. The van der Waals surface area contributed by atoms with Crippen molar-refractivity contribution in [2.24, 2.45) is 0 Å². The highest BCUT2D eigenvalue weighted by atomic mass is 32.2. The maximum absolute atomic E-state index is 12.8. The van der Waals surface area contributed by atoms with Crippen molar-refractivity contribution in [3.05, 3.63) is 64.6 Å². The van der Waals surface area contributed by atoms with Crippen LogP contribution in [0.3, 0.4) is 0 Å². The maximum Gasteiger partial charge on any atom is 0.416 e. The number of carboxylic acid groups (broad SMARTS) is 1. The molecule has 1 aliphatic rings. The average Bonchev–Trinajstić information content (AvgIpc) is 2.89. The molecule has 0 aliphatic carbocycles. The first kappa shape index (κ1) is 20.9. The Bertz CT molecular complexity index is 1020. The number of alkyl halides is 3. The Morgan fingerprint density at radius 1 is 1.17 bits per heavy atom. The first-order valence-corrected chi connectivity index (χ1v) is 9.28. The van der Waals surface area contributed by atoms with Gasteiger partial charge in [0.15, 0.2) is 0 Å². The molecule has 0 radical (unpaired) electrons. The highest BCUT2D eigenvalue weighted by Crippen LogP contribution is 2.34. The summed E-state index contributed by atoms with van der Waals surface area (Å²) in [6, 6.07) is 10.9. The fraction of sp³-hybridized carbons (Fsp3) is 0.105. The van der Waals surface area contributed by atoms with Gasteiger partial charge >= 0.3 is 12.1 Å². The molecule has 2 aromatic carbocycles. The Labute approximate surface area is 172 Å². The van der Waals surface area contributed by atoms with Gasteiger partial charge in [-0.1, -0.05) is 42.2 Å². The van der Waals surface area contributed by atoms with E-state index in [1.165, 1.54) is 18.2 Å². The van der Waals surface area contributed by atoms with Crippen LogP contribution < -0.4 is 4.74 Å². The predicted octanol–water partition coefficient (Wildman–Crippen LogP) is 4.78. The van der Waals surface area contributed by atoms with Gasteiger partial charge in [0.2, 0.25) is 0 Å². The van der Waals surface area contributed by atoms with Crippen LogP contribution in [0.2, 0.25) is 0 Å². The molecule has 1 fully saturated rings. The summed E-state index contributed by atoms with van der Waals surface area (Å²) >= 11 is 6.00. The van der Waals surface area contributed by atoms with Crippen LogP contribution in [0, 0.1) is 0 Å². The first-order valence-electron chi connectivity index (χ1n) is 8.06. The lowest BCUT2D eigenvalue weighted by Gasteiger charge is -2.10. The number of halogens is 3. The zero-order valence-electron chi connectivity index (χ0n) is 14.5. The van der Waals surface area contributed by atoms with Gasteiger partial charge in [-0.15, -0.1) is 0 Å². The standard InChI is InChI=1S/C19H12F3NO4S2/c20-19(21,22)12-4-2-6-14(9-12)27-13-5-1-3-11(7-13)8-15-17(26)23(10-16(24)25)18(28)29-15/h1-9H,10H2,(H,24,25). The van der Waals surface area contributed by atoms with Crippen molar-refractivity contribution in [3.63, 3.8) is 0 Å². The molecule has 0 atom stereocenters. The number of hydrogen-bond acceptors (Lipinski definition) is 5. The summed E-state index contributed by atoms with van der Waals surface area (Å²) in [5.41, 5.74) is -0.279. The third-order valence-electron chi connectivity index (χ3n) is 3.72. The SMILES string of the molecule is O=C(O)CN1C(=O)C(=Cc2cccc(Oc3cccc(C(F)(F)F)c3)c2)SC1=S. The second kappa shape index (κ2) is 8.26. The number of rotatable bonds is 5. The number of thiocarbonyl (C=S) groups is 1. The number of nitrogens with zero attached hydrogens (tertiary/aromatic N) is 1. The van der Waals surface area contributed by atoms with Gasteiger partial charge in [0.25, 0.3) is 5.91 Å². The molecule has 3 rings (SSSR count). The molecule has 1 aliphatic heterocycles. The van der Waals surface area contributed by atoms with Crippen molar-refractivity contribution >= 4 is 46.3 Å². The van der Waals surface area contributed by atoms with E-state index < -0.39 is 30.2 Å². The Hall–Kier alpha value is -2.85. The molecule has 0 unspecified atom stereocenters. The van der Waals surface area contributed by atoms with Crippen LogP contribution in [0.5, 0.6) is 11.5 Å². The van der Waals surface area contributed by atoms with Gasteiger partial charge in [0.05, 0.1) is 10.5 Å².